The monoisotopic (exact) mass is 504 g/mol. The lowest BCUT2D eigenvalue weighted by molar-refractivity contribution is -0.0196. The van der Waals surface area contributed by atoms with E-state index in [1.165, 1.54) is 55.8 Å². The molecule has 0 radical (unpaired) electrons. The minimum absolute atomic E-state index is 0. The van der Waals surface area contributed by atoms with E-state index in [1.807, 2.05) is 17.5 Å². The van der Waals surface area contributed by atoms with Gasteiger partial charge in [0.15, 0.2) is 0 Å². The maximum atomic E-state index is 6.16. The molecule has 4 nitrogen and oxygen atoms in total. The standard InChI is InChI=1S/C26H32N4S.2ClH/c27-25(24-3-1-10-31-24)29-22-4-5-23-21(14-22)6-9-30(23)8-2-7-28-26-15-18-11-19(16-26)13-20(12-18)17-26;;/h1,3-6,9-10,14,18-20,28H,2,7-8,11-13,15-17H2,(H2,27,29);2*1H. The van der Waals surface area contributed by atoms with E-state index < -0.39 is 0 Å². The summed E-state index contributed by atoms with van der Waals surface area (Å²) in [7, 11) is 0. The Morgan fingerprint density at radius 3 is 2.45 bits per heavy atom. The van der Waals surface area contributed by atoms with Crippen molar-refractivity contribution in [3.63, 3.8) is 0 Å². The molecular formula is C26H34Cl2N4S. The van der Waals surface area contributed by atoms with E-state index >= 15 is 0 Å². The van der Waals surface area contributed by atoms with Crippen molar-refractivity contribution < 1.29 is 0 Å². The SMILES string of the molecule is Cl.Cl.NC(=Nc1ccc2c(ccn2CCCNC23CC4CC(CC(C4)C2)C3)c1)c1cccs1. The molecule has 7 rings (SSSR count). The van der Waals surface area contributed by atoms with Gasteiger partial charge >= 0.3 is 0 Å². The molecule has 0 aliphatic heterocycles. The number of hydrogen-bond acceptors (Lipinski definition) is 3. The first-order valence-corrected chi connectivity index (χ1v) is 12.8. The molecule has 3 N–H and O–H groups in total. The van der Waals surface area contributed by atoms with Gasteiger partial charge < -0.3 is 15.6 Å². The van der Waals surface area contributed by atoms with Crippen LogP contribution in [0.3, 0.4) is 0 Å². The zero-order valence-corrected chi connectivity index (χ0v) is 21.4. The number of nitrogens with one attached hydrogen (secondary N) is 1. The van der Waals surface area contributed by atoms with Gasteiger partial charge in [0.1, 0.15) is 5.84 Å². The van der Waals surface area contributed by atoms with Crippen LogP contribution in [0.2, 0.25) is 0 Å². The number of rotatable bonds is 7. The zero-order valence-electron chi connectivity index (χ0n) is 18.9. The summed E-state index contributed by atoms with van der Waals surface area (Å²) in [5, 5.41) is 7.30. The van der Waals surface area contributed by atoms with E-state index in [1.54, 1.807) is 11.3 Å². The van der Waals surface area contributed by atoms with Gasteiger partial charge in [-0.15, -0.1) is 36.2 Å². The summed E-state index contributed by atoms with van der Waals surface area (Å²) in [5.41, 5.74) is 8.83. The summed E-state index contributed by atoms with van der Waals surface area (Å²) in [6.07, 6.45) is 12.2. The summed E-state index contributed by atoms with van der Waals surface area (Å²) in [5.74, 6) is 3.62. The summed E-state index contributed by atoms with van der Waals surface area (Å²) >= 11 is 1.62. The quantitative estimate of drug-likeness (QED) is 0.218. The second kappa shape index (κ2) is 9.99. The number of fused-ring (bicyclic) bond motifs is 1. The molecule has 3 aromatic rings. The van der Waals surface area contributed by atoms with Crippen LogP contribution in [0, 0.1) is 17.8 Å². The predicted molar refractivity (Wildman–Crippen MR) is 145 cm³/mol. The lowest BCUT2D eigenvalue weighted by Gasteiger charge is -2.57. The Bertz CT molecular complexity index is 1070. The van der Waals surface area contributed by atoms with Gasteiger partial charge in [0.05, 0.1) is 10.6 Å². The lowest BCUT2D eigenvalue weighted by Crippen LogP contribution is -2.58. The fourth-order valence-corrected chi connectivity index (χ4v) is 7.63. The van der Waals surface area contributed by atoms with Gasteiger partial charge in [-0.1, -0.05) is 6.07 Å². The molecule has 4 saturated carbocycles. The van der Waals surface area contributed by atoms with E-state index in [-0.39, 0.29) is 24.8 Å². The maximum absolute atomic E-state index is 6.16. The van der Waals surface area contributed by atoms with Crippen molar-refractivity contribution in [3.05, 3.63) is 52.9 Å². The summed E-state index contributed by atoms with van der Waals surface area (Å²) in [6, 6.07) is 12.6. The average Bonchev–Trinajstić information content (AvgIpc) is 3.40. The third kappa shape index (κ3) is 4.97. The summed E-state index contributed by atoms with van der Waals surface area (Å²) in [6.45, 7) is 2.19. The number of aromatic nitrogens is 1. The number of nitrogens with zero attached hydrogens (tertiary/aromatic N) is 2. The molecule has 178 valence electrons. The highest BCUT2D eigenvalue weighted by atomic mass is 35.5. The van der Waals surface area contributed by atoms with E-state index in [9.17, 15) is 0 Å². The van der Waals surface area contributed by atoms with Crippen LogP contribution in [0.5, 0.6) is 0 Å². The van der Waals surface area contributed by atoms with Gasteiger partial charge in [-0.05, 0) is 105 Å². The number of aliphatic imine (C=N–C) groups is 1. The highest BCUT2D eigenvalue weighted by molar-refractivity contribution is 7.12. The zero-order chi connectivity index (χ0) is 20.8. The number of halogens is 2. The topological polar surface area (TPSA) is 55.3 Å². The van der Waals surface area contributed by atoms with Crippen LogP contribution >= 0.6 is 36.2 Å². The molecule has 4 aliphatic rings. The van der Waals surface area contributed by atoms with Crippen molar-refractivity contribution in [2.45, 2.75) is 57.0 Å². The Labute approximate surface area is 212 Å². The van der Waals surface area contributed by atoms with Gasteiger partial charge in [0, 0.05) is 29.2 Å². The summed E-state index contributed by atoms with van der Waals surface area (Å²) < 4.78 is 2.38. The van der Waals surface area contributed by atoms with Gasteiger partial charge in [0.2, 0.25) is 0 Å². The molecule has 4 aliphatic carbocycles. The van der Waals surface area contributed by atoms with E-state index in [4.69, 9.17) is 5.73 Å². The first-order chi connectivity index (χ1) is 15.2. The fraction of sp³-hybridized carbons (Fsp3) is 0.500. The second-order valence-corrected chi connectivity index (χ2v) is 11.2. The Kier molecular flexibility index (Phi) is 7.44. The van der Waals surface area contributed by atoms with E-state index in [0.29, 0.717) is 11.4 Å². The molecule has 0 unspecified atom stereocenters. The van der Waals surface area contributed by atoms with Gasteiger partial charge in [-0.25, -0.2) is 4.99 Å². The molecule has 1 aromatic carbocycles. The van der Waals surface area contributed by atoms with Crippen LogP contribution in [0.1, 0.15) is 49.8 Å². The van der Waals surface area contributed by atoms with Crippen molar-refractivity contribution >= 4 is 58.6 Å². The molecule has 0 spiro atoms. The second-order valence-electron chi connectivity index (χ2n) is 10.2. The Morgan fingerprint density at radius 1 is 1.06 bits per heavy atom. The van der Waals surface area contributed by atoms with Crippen molar-refractivity contribution in [1.82, 2.24) is 9.88 Å². The Hall–Kier alpha value is -1.53. The number of benzene rings is 1. The van der Waals surface area contributed by atoms with Crippen LogP contribution in [0.4, 0.5) is 5.69 Å². The highest BCUT2D eigenvalue weighted by Gasteiger charge is 2.50. The van der Waals surface area contributed by atoms with Crippen molar-refractivity contribution in [1.29, 1.82) is 0 Å². The van der Waals surface area contributed by atoms with Crippen LogP contribution < -0.4 is 11.1 Å². The Morgan fingerprint density at radius 2 is 1.79 bits per heavy atom. The minimum atomic E-state index is 0. The maximum Gasteiger partial charge on any atom is 0.141 e. The number of hydrogen-bond donors (Lipinski definition) is 2. The molecule has 4 fully saturated rings. The van der Waals surface area contributed by atoms with Crippen LogP contribution in [-0.2, 0) is 6.54 Å². The minimum Gasteiger partial charge on any atom is -0.383 e. The first-order valence-electron chi connectivity index (χ1n) is 11.9. The molecule has 4 bridgehead atoms. The van der Waals surface area contributed by atoms with Crippen molar-refractivity contribution in [2.24, 2.45) is 28.5 Å². The lowest BCUT2D eigenvalue weighted by atomic mass is 9.53. The molecule has 0 amide bonds. The largest absolute Gasteiger partial charge is 0.383 e. The van der Waals surface area contributed by atoms with Crippen molar-refractivity contribution in [2.75, 3.05) is 6.54 Å². The normalized spacial score (nSPS) is 28.0. The van der Waals surface area contributed by atoms with Gasteiger partial charge in [-0.3, -0.25) is 0 Å². The highest BCUT2D eigenvalue weighted by Crippen LogP contribution is 2.55. The molecule has 7 heteroatoms. The third-order valence-corrected chi connectivity index (χ3v) is 8.78. The number of amidine groups is 1. The molecule has 2 aromatic heterocycles. The molecule has 0 saturated heterocycles. The smallest absolute Gasteiger partial charge is 0.141 e. The third-order valence-electron chi connectivity index (χ3n) is 7.89. The number of thiophene rings is 1. The molecule has 33 heavy (non-hydrogen) atoms. The van der Waals surface area contributed by atoms with Gasteiger partial charge in [0.25, 0.3) is 0 Å². The number of nitrogens with two attached hydrogens (primary N) is 1. The molecule has 2 heterocycles. The predicted octanol–water partition coefficient (Wildman–Crippen LogP) is 6.53. The first kappa shape index (κ1) is 24.6. The van der Waals surface area contributed by atoms with E-state index in [0.717, 1.165) is 41.4 Å². The van der Waals surface area contributed by atoms with Crippen molar-refractivity contribution in [3.8, 4) is 0 Å². The fourth-order valence-electron chi connectivity index (χ4n) is 7.00. The van der Waals surface area contributed by atoms with Gasteiger partial charge in [-0.2, -0.15) is 0 Å². The molecule has 0 atom stereocenters. The van der Waals surface area contributed by atoms with E-state index in [2.05, 4.69) is 45.3 Å². The van der Waals surface area contributed by atoms with Crippen LogP contribution in [0.25, 0.3) is 10.9 Å². The molecular weight excluding hydrogens is 471 g/mol. The summed E-state index contributed by atoms with van der Waals surface area (Å²) in [4.78, 5) is 5.63. The van der Waals surface area contributed by atoms with Crippen LogP contribution in [-0.4, -0.2) is 22.5 Å². The Balaban J connectivity index is 0.00000130. The van der Waals surface area contributed by atoms with Crippen LogP contribution in [0.15, 0.2) is 53.0 Å². The average molecular weight is 506 g/mol. The number of aryl methyl sites for hydroxylation is 1.